The van der Waals surface area contributed by atoms with Crippen LogP contribution in [0.3, 0.4) is 0 Å². The molecule has 1 atom stereocenters. The minimum Gasteiger partial charge on any atom is -0.452 e. The third-order valence-corrected chi connectivity index (χ3v) is 6.50. The Morgan fingerprint density at radius 1 is 1.23 bits per heavy atom. The minimum absolute atomic E-state index is 0.239. The smallest absolute Gasteiger partial charge is 0.208 e. The van der Waals surface area contributed by atoms with Gasteiger partial charge in [-0.25, -0.2) is 9.97 Å². The van der Waals surface area contributed by atoms with Crippen molar-refractivity contribution in [3.63, 3.8) is 0 Å². The van der Waals surface area contributed by atoms with E-state index >= 15 is 0 Å². The lowest BCUT2D eigenvalue weighted by Gasteiger charge is -2.31. The number of anilines is 2. The fourth-order valence-electron chi connectivity index (χ4n) is 3.84. The van der Waals surface area contributed by atoms with Crippen molar-refractivity contribution in [3.8, 4) is 11.5 Å². The molecule has 1 N–H and O–H groups in total. The second-order valence-corrected chi connectivity index (χ2v) is 9.33. The molecule has 1 saturated carbocycles. The third-order valence-electron chi connectivity index (χ3n) is 5.42. The van der Waals surface area contributed by atoms with Crippen molar-refractivity contribution < 1.29 is 14.2 Å². The van der Waals surface area contributed by atoms with E-state index in [9.17, 15) is 0 Å². The Hall–Kier alpha value is -2.14. The number of hydrogen-bond acceptors (Lipinski definition) is 9. The number of halogens is 1. The Morgan fingerprint density at radius 3 is 2.94 bits per heavy atom. The second-order valence-electron chi connectivity index (χ2n) is 7.66. The van der Waals surface area contributed by atoms with Gasteiger partial charge in [0.05, 0.1) is 12.3 Å². The largest absolute Gasteiger partial charge is 0.452 e. The predicted molar refractivity (Wildman–Crippen MR) is 120 cm³/mol. The van der Waals surface area contributed by atoms with Crippen molar-refractivity contribution in [2.45, 2.75) is 50.9 Å². The van der Waals surface area contributed by atoms with Gasteiger partial charge in [0.25, 0.3) is 0 Å². The van der Waals surface area contributed by atoms with E-state index in [1.54, 1.807) is 12.4 Å². The average Bonchev–Trinajstić information content (AvgIpc) is 3.40. The van der Waals surface area contributed by atoms with Crippen LogP contribution >= 0.6 is 27.5 Å². The van der Waals surface area contributed by atoms with Gasteiger partial charge in [-0.1, -0.05) is 6.42 Å². The van der Waals surface area contributed by atoms with Crippen molar-refractivity contribution in [2.24, 2.45) is 0 Å². The normalized spacial score (nSPS) is 20.1. The van der Waals surface area contributed by atoms with Gasteiger partial charge in [0, 0.05) is 47.3 Å². The van der Waals surface area contributed by atoms with Crippen LogP contribution in [0.1, 0.15) is 49.7 Å². The standard InChI is InChI=1S/C21H22BrN5O3S/c1-13-15(6-5-9-23-13)29-16-10-14(22)11-24-18(16)25-20-26-19(27-31-20)17-12-28-21(30-17)7-3-2-4-8-21/h5-6,9-11,17H,2-4,7-8,12H2,1H3,(H,24,25,26,27). The van der Waals surface area contributed by atoms with E-state index in [0.717, 1.165) is 35.8 Å². The first-order valence-electron chi connectivity index (χ1n) is 10.3. The minimum atomic E-state index is -0.447. The van der Waals surface area contributed by atoms with E-state index in [0.29, 0.717) is 34.9 Å². The third kappa shape index (κ3) is 4.57. The summed E-state index contributed by atoms with van der Waals surface area (Å²) >= 11 is 4.72. The molecule has 3 aromatic rings. The van der Waals surface area contributed by atoms with E-state index in [-0.39, 0.29) is 6.10 Å². The molecule has 1 unspecified atom stereocenters. The number of nitrogens with zero attached hydrogens (tertiary/aromatic N) is 4. The van der Waals surface area contributed by atoms with Crippen molar-refractivity contribution >= 4 is 38.4 Å². The summed E-state index contributed by atoms with van der Waals surface area (Å²) in [6.07, 6.45) is 8.59. The molecule has 2 fully saturated rings. The first-order valence-corrected chi connectivity index (χ1v) is 11.8. The number of hydrogen-bond donors (Lipinski definition) is 1. The lowest BCUT2D eigenvalue weighted by Crippen LogP contribution is -2.32. The Bertz CT molecular complexity index is 1070. The molecule has 4 heterocycles. The van der Waals surface area contributed by atoms with Gasteiger partial charge < -0.3 is 19.5 Å². The van der Waals surface area contributed by atoms with Crippen LogP contribution in [-0.4, -0.2) is 31.7 Å². The summed E-state index contributed by atoms with van der Waals surface area (Å²) in [5, 5.41) is 3.84. The van der Waals surface area contributed by atoms with Gasteiger partial charge in [0.2, 0.25) is 5.13 Å². The predicted octanol–water partition coefficient (Wildman–Crippen LogP) is 5.68. The van der Waals surface area contributed by atoms with Gasteiger partial charge >= 0.3 is 0 Å². The van der Waals surface area contributed by atoms with E-state index in [4.69, 9.17) is 14.2 Å². The topological polar surface area (TPSA) is 91.3 Å². The Kier molecular flexibility index (Phi) is 5.87. The Labute approximate surface area is 192 Å². The molecule has 3 aromatic heterocycles. The van der Waals surface area contributed by atoms with Crippen molar-refractivity contribution in [3.05, 3.63) is 46.6 Å². The molecule has 0 aromatic carbocycles. The number of nitrogens with one attached hydrogen (secondary N) is 1. The van der Waals surface area contributed by atoms with Crippen molar-refractivity contribution in [2.75, 3.05) is 11.9 Å². The zero-order chi connectivity index (χ0) is 21.3. The van der Waals surface area contributed by atoms with Crippen molar-refractivity contribution in [1.29, 1.82) is 0 Å². The summed E-state index contributed by atoms with van der Waals surface area (Å²) in [5.41, 5.74) is 0.793. The molecule has 162 valence electrons. The van der Waals surface area contributed by atoms with Gasteiger partial charge in [-0.3, -0.25) is 4.98 Å². The average molecular weight is 504 g/mol. The van der Waals surface area contributed by atoms with Gasteiger partial charge in [-0.15, -0.1) is 0 Å². The van der Waals surface area contributed by atoms with E-state index in [1.165, 1.54) is 18.0 Å². The summed E-state index contributed by atoms with van der Waals surface area (Å²) in [7, 11) is 0. The molecular formula is C21H22BrN5O3S. The number of aromatic nitrogens is 4. The molecule has 0 amide bonds. The summed E-state index contributed by atoms with van der Waals surface area (Å²) < 4.78 is 23.6. The van der Waals surface area contributed by atoms with Gasteiger partial charge in [-0.2, -0.15) is 4.37 Å². The van der Waals surface area contributed by atoms with Crippen LogP contribution in [0.4, 0.5) is 10.9 Å². The monoisotopic (exact) mass is 503 g/mol. The fraction of sp³-hybridized carbons (Fsp3) is 0.429. The van der Waals surface area contributed by atoms with Crippen molar-refractivity contribution in [1.82, 2.24) is 19.3 Å². The first kappa shape index (κ1) is 20.7. The summed E-state index contributed by atoms with van der Waals surface area (Å²) in [4.78, 5) is 13.4. The summed E-state index contributed by atoms with van der Waals surface area (Å²) in [5.74, 6) is 1.96. The molecule has 5 rings (SSSR count). The lowest BCUT2D eigenvalue weighted by molar-refractivity contribution is -0.188. The zero-order valence-electron chi connectivity index (χ0n) is 17.0. The quantitative estimate of drug-likeness (QED) is 0.475. The SMILES string of the molecule is Cc1ncccc1Oc1cc(Br)cnc1Nc1nc(C2COC3(CCCCC3)O2)ns1. The highest BCUT2D eigenvalue weighted by atomic mass is 79.9. The zero-order valence-corrected chi connectivity index (χ0v) is 19.4. The maximum atomic E-state index is 6.25. The molecule has 1 aliphatic carbocycles. The molecule has 1 aliphatic heterocycles. The van der Waals surface area contributed by atoms with Crippen LogP contribution in [-0.2, 0) is 9.47 Å². The van der Waals surface area contributed by atoms with Crippen LogP contribution < -0.4 is 10.1 Å². The van der Waals surface area contributed by atoms with Crippen LogP contribution in [0.25, 0.3) is 0 Å². The molecule has 10 heteroatoms. The van der Waals surface area contributed by atoms with E-state index in [1.807, 2.05) is 25.1 Å². The number of aryl methyl sites for hydroxylation is 1. The number of ether oxygens (including phenoxy) is 3. The van der Waals surface area contributed by atoms with Crippen LogP contribution in [0.5, 0.6) is 11.5 Å². The van der Waals surface area contributed by atoms with E-state index < -0.39 is 5.79 Å². The van der Waals surface area contributed by atoms with Crippen LogP contribution in [0.2, 0.25) is 0 Å². The highest BCUT2D eigenvalue weighted by Crippen LogP contribution is 2.42. The molecule has 1 saturated heterocycles. The van der Waals surface area contributed by atoms with Gasteiger partial charge in [-0.05, 0) is 47.8 Å². The summed E-state index contributed by atoms with van der Waals surface area (Å²) in [6.45, 7) is 2.38. The lowest BCUT2D eigenvalue weighted by atomic mass is 9.94. The Balaban J connectivity index is 1.32. The van der Waals surface area contributed by atoms with E-state index in [2.05, 4.69) is 40.6 Å². The first-order chi connectivity index (χ1) is 15.1. The molecular weight excluding hydrogens is 482 g/mol. The highest BCUT2D eigenvalue weighted by Gasteiger charge is 2.44. The molecule has 8 nitrogen and oxygen atoms in total. The van der Waals surface area contributed by atoms with Crippen LogP contribution in [0.15, 0.2) is 35.1 Å². The molecule has 0 bridgehead atoms. The number of rotatable bonds is 5. The highest BCUT2D eigenvalue weighted by molar-refractivity contribution is 9.10. The second kappa shape index (κ2) is 8.78. The van der Waals surface area contributed by atoms with Gasteiger partial charge in [0.1, 0.15) is 11.9 Å². The molecule has 0 radical (unpaired) electrons. The summed E-state index contributed by atoms with van der Waals surface area (Å²) in [6, 6.07) is 5.56. The molecule has 2 aliphatic rings. The molecule has 31 heavy (non-hydrogen) atoms. The fourth-order valence-corrected chi connectivity index (χ4v) is 4.77. The Morgan fingerprint density at radius 2 is 2.10 bits per heavy atom. The molecule has 1 spiro atoms. The maximum absolute atomic E-state index is 6.25. The maximum Gasteiger partial charge on any atom is 0.208 e. The number of pyridine rings is 2. The van der Waals surface area contributed by atoms with Gasteiger partial charge in [0.15, 0.2) is 23.2 Å². The van der Waals surface area contributed by atoms with Crippen LogP contribution in [0, 0.1) is 6.92 Å².